The van der Waals surface area contributed by atoms with Gasteiger partial charge in [-0.3, -0.25) is 9.69 Å². The van der Waals surface area contributed by atoms with Crippen LogP contribution in [-0.2, 0) is 4.79 Å². The molecule has 0 spiro atoms. The molecule has 8 heteroatoms. The van der Waals surface area contributed by atoms with Crippen LogP contribution in [0.1, 0.15) is 24.4 Å². The third-order valence-corrected chi connectivity index (χ3v) is 5.94. The number of carbonyl (C=O) groups is 1. The molecule has 2 aliphatic heterocycles. The number of methoxy groups -OCH3 is 2. The van der Waals surface area contributed by atoms with Gasteiger partial charge >= 0.3 is 0 Å². The number of carbonyl (C=O) groups excluding carboxylic acids is 1. The van der Waals surface area contributed by atoms with Gasteiger partial charge in [0.15, 0.2) is 0 Å². The second-order valence-corrected chi connectivity index (χ2v) is 7.67. The van der Waals surface area contributed by atoms with Gasteiger partial charge in [0.1, 0.15) is 11.5 Å². The second kappa shape index (κ2) is 9.30. The molecule has 8 nitrogen and oxygen atoms in total. The van der Waals surface area contributed by atoms with Crippen LogP contribution in [0.25, 0.3) is 0 Å². The second-order valence-electron chi connectivity index (χ2n) is 7.67. The summed E-state index contributed by atoms with van der Waals surface area (Å²) in [5, 5.41) is 0. The van der Waals surface area contributed by atoms with Crippen LogP contribution in [-0.4, -0.2) is 79.2 Å². The van der Waals surface area contributed by atoms with Crippen molar-refractivity contribution < 1.29 is 14.3 Å². The van der Waals surface area contributed by atoms with E-state index in [1.807, 2.05) is 29.2 Å². The molecule has 30 heavy (non-hydrogen) atoms. The van der Waals surface area contributed by atoms with Crippen LogP contribution in [0.4, 0.5) is 5.95 Å². The Morgan fingerprint density at radius 1 is 1.07 bits per heavy atom. The summed E-state index contributed by atoms with van der Waals surface area (Å²) in [4.78, 5) is 28.2. The zero-order valence-electron chi connectivity index (χ0n) is 17.7. The van der Waals surface area contributed by atoms with Crippen molar-refractivity contribution in [3.63, 3.8) is 0 Å². The number of benzene rings is 1. The van der Waals surface area contributed by atoms with Crippen molar-refractivity contribution in [1.29, 1.82) is 0 Å². The van der Waals surface area contributed by atoms with Crippen molar-refractivity contribution in [2.45, 2.75) is 18.9 Å². The van der Waals surface area contributed by atoms with Crippen LogP contribution >= 0.6 is 0 Å². The molecular weight excluding hydrogens is 382 g/mol. The summed E-state index contributed by atoms with van der Waals surface area (Å²) in [7, 11) is 3.33. The van der Waals surface area contributed by atoms with Crippen LogP contribution in [0.2, 0.25) is 0 Å². The SMILES string of the molecule is COc1ccc(OC)c(C2CCCN2C(=O)CN2CCN(c3ncccn3)CC2)c1. The van der Waals surface area contributed by atoms with Crippen LogP contribution in [0.3, 0.4) is 0 Å². The average Bonchev–Trinajstić information content (AvgIpc) is 3.30. The number of piperazine rings is 1. The molecule has 1 aromatic heterocycles. The quantitative estimate of drug-likeness (QED) is 0.720. The first-order valence-corrected chi connectivity index (χ1v) is 10.5. The monoisotopic (exact) mass is 411 g/mol. The lowest BCUT2D eigenvalue weighted by atomic mass is 10.0. The molecule has 1 unspecified atom stereocenters. The van der Waals surface area contributed by atoms with Gasteiger partial charge in [-0.05, 0) is 37.1 Å². The van der Waals surface area contributed by atoms with E-state index in [-0.39, 0.29) is 11.9 Å². The Kier molecular flexibility index (Phi) is 6.32. The van der Waals surface area contributed by atoms with Crippen molar-refractivity contribution >= 4 is 11.9 Å². The molecule has 160 valence electrons. The zero-order chi connectivity index (χ0) is 20.9. The van der Waals surface area contributed by atoms with Gasteiger partial charge in [-0.25, -0.2) is 9.97 Å². The third-order valence-electron chi connectivity index (χ3n) is 5.94. The molecule has 0 radical (unpaired) electrons. The number of ether oxygens (including phenoxy) is 2. The number of amides is 1. The summed E-state index contributed by atoms with van der Waals surface area (Å²) in [5.74, 6) is 2.52. The van der Waals surface area contributed by atoms with Crippen LogP contribution in [0.5, 0.6) is 11.5 Å². The van der Waals surface area contributed by atoms with Crippen molar-refractivity contribution in [2.24, 2.45) is 0 Å². The van der Waals surface area contributed by atoms with Crippen LogP contribution in [0, 0.1) is 0 Å². The molecule has 1 amide bonds. The van der Waals surface area contributed by atoms with E-state index >= 15 is 0 Å². The highest BCUT2D eigenvalue weighted by atomic mass is 16.5. The Morgan fingerprint density at radius 3 is 2.53 bits per heavy atom. The third kappa shape index (κ3) is 4.33. The fourth-order valence-electron chi connectivity index (χ4n) is 4.33. The summed E-state index contributed by atoms with van der Waals surface area (Å²) in [6, 6.07) is 7.65. The Hall–Kier alpha value is -2.87. The molecule has 2 saturated heterocycles. The predicted octanol–water partition coefficient (Wildman–Crippen LogP) is 1.98. The van der Waals surface area contributed by atoms with E-state index in [0.29, 0.717) is 6.54 Å². The minimum Gasteiger partial charge on any atom is -0.497 e. The standard InChI is InChI=1S/C22H29N5O3/c1-29-17-6-7-20(30-2)18(15-17)19-5-3-10-27(19)21(28)16-25-11-13-26(14-12-25)22-23-8-4-9-24-22/h4,6-9,15,19H,3,5,10-14,16H2,1-2H3. The lowest BCUT2D eigenvalue weighted by molar-refractivity contribution is -0.133. The Balaban J connectivity index is 1.39. The maximum absolute atomic E-state index is 13.2. The lowest BCUT2D eigenvalue weighted by Crippen LogP contribution is -2.50. The van der Waals surface area contributed by atoms with E-state index in [2.05, 4.69) is 19.8 Å². The number of rotatable bonds is 6. The summed E-state index contributed by atoms with van der Waals surface area (Å²) in [6.45, 7) is 4.51. The predicted molar refractivity (Wildman–Crippen MR) is 114 cm³/mol. The highest BCUT2D eigenvalue weighted by molar-refractivity contribution is 5.79. The maximum Gasteiger partial charge on any atom is 0.237 e. The van der Waals surface area contributed by atoms with Crippen molar-refractivity contribution in [2.75, 3.05) is 58.4 Å². The average molecular weight is 412 g/mol. The lowest BCUT2D eigenvalue weighted by Gasteiger charge is -2.35. The first kappa shape index (κ1) is 20.4. The van der Waals surface area contributed by atoms with Crippen molar-refractivity contribution in [3.05, 3.63) is 42.2 Å². The Labute approximate surface area is 177 Å². The number of nitrogens with zero attached hydrogens (tertiary/aromatic N) is 5. The highest BCUT2D eigenvalue weighted by Crippen LogP contribution is 2.39. The molecule has 1 atom stereocenters. The van der Waals surface area contributed by atoms with Gasteiger partial charge in [0, 0.05) is 50.7 Å². The topological polar surface area (TPSA) is 71.0 Å². The molecule has 1 aromatic carbocycles. The summed E-state index contributed by atoms with van der Waals surface area (Å²) in [6.07, 6.45) is 5.46. The van der Waals surface area contributed by atoms with Crippen LogP contribution < -0.4 is 14.4 Å². The Bertz CT molecular complexity index is 855. The van der Waals surface area contributed by atoms with Crippen molar-refractivity contribution in [3.8, 4) is 11.5 Å². The number of likely N-dealkylation sites (tertiary alicyclic amines) is 1. The van der Waals surface area contributed by atoms with Crippen molar-refractivity contribution in [1.82, 2.24) is 19.8 Å². The number of hydrogen-bond acceptors (Lipinski definition) is 7. The molecule has 0 N–H and O–H groups in total. The van der Waals surface area contributed by atoms with E-state index < -0.39 is 0 Å². The molecule has 0 aliphatic carbocycles. The number of anilines is 1. The van der Waals surface area contributed by atoms with Gasteiger partial charge < -0.3 is 19.3 Å². The summed E-state index contributed by atoms with van der Waals surface area (Å²) >= 11 is 0. The Morgan fingerprint density at radius 2 is 1.83 bits per heavy atom. The number of hydrogen-bond donors (Lipinski definition) is 0. The molecule has 3 heterocycles. The summed E-state index contributed by atoms with van der Waals surface area (Å²) in [5.41, 5.74) is 1.02. The van der Waals surface area contributed by atoms with Gasteiger partial charge in [0.05, 0.1) is 26.8 Å². The molecule has 4 rings (SSSR count). The molecule has 2 aliphatic rings. The van der Waals surface area contributed by atoms with E-state index in [1.165, 1.54) is 0 Å². The smallest absolute Gasteiger partial charge is 0.237 e. The normalized spacial score (nSPS) is 19.7. The minimum absolute atomic E-state index is 0.0292. The molecule has 2 fully saturated rings. The fourth-order valence-corrected chi connectivity index (χ4v) is 4.33. The van der Waals surface area contributed by atoms with Gasteiger partial charge in [0.2, 0.25) is 11.9 Å². The first-order chi connectivity index (χ1) is 14.7. The van der Waals surface area contributed by atoms with Crippen LogP contribution in [0.15, 0.2) is 36.7 Å². The number of aromatic nitrogens is 2. The zero-order valence-corrected chi connectivity index (χ0v) is 17.7. The van der Waals surface area contributed by atoms with E-state index in [1.54, 1.807) is 26.6 Å². The summed E-state index contributed by atoms with van der Waals surface area (Å²) < 4.78 is 11.0. The van der Waals surface area contributed by atoms with Gasteiger partial charge in [-0.1, -0.05) is 0 Å². The van der Waals surface area contributed by atoms with E-state index in [9.17, 15) is 4.79 Å². The highest BCUT2D eigenvalue weighted by Gasteiger charge is 2.33. The van der Waals surface area contributed by atoms with E-state index in [0.717, 1.165) is 68.6 Å². The van der Waals surface area contributed by atoms with E-state index in [4.69, 9.17) is 9.47 Å². The molecule has 0 bridgehead atoms. The molecule has 0 saturated carbocycles. The van der Waals surface area contributed by atoms with Gasteiger partial charge in [-0.15, -0.1) is 0 Å². The van der Waals surface area contributed by atoms with Gasteiger partial charge in [-0.2, -0.15) is 0 Å². The minimum atomic E-state index is 0.0292. The largest absolute Gasteiger partial charge is 0.497 e. The van der Waals surface area contributed by atoms with Gasteiger partial charge in [0.25, 0.3) is 0 Å². The first-order valence-electron chi connectivity index (χ1n) is 10.5. The molecule has 2 aromatic rings. The fraction of sp³-hybridized carbons (Fsp3) is 0.500. The molecular formula is C22H29N5O3. The maximum atomic E-state index is 13.2.